The molecule has 1 aromatic rings. The first-order chi connectivity index (χ1) is 10.1. The van der Waals surface area contributed by atoms with Crippen LogP contribution in [-0.4, -0.2) is 29.6 Å². The van der Waals surface area contributed by atoms with Crippen molar-refractivity contribution in [2.75, 3.05) is 13.1 Å². The van der Waals surface area contributed by atoms with E-state index in [1.807, 2.05) is 0 Å². The largest absolute Gasteiger partial charge is 0.329 e. The van der Waals surface area contributed by atoms with Crippen LogP contribution in [0.3, 0.4) is 0 Å². The molecule has 0 aliphatic heterocycles. The first-order valence-corrected chi connectivity index (χ1v) is 8.66. The van der Waals surface area contributed by atoms with Crippen molar-refractivity contribution < 1.29 is 0 Å². The predicted molar refractivity (Wildman–Crippen MR) is 91.6 cm³/mol. The third-order valence-electron chi connectivity index (χ3n) is 5.11. The Balaban J connectivity index is 2.19. The van der Waals surface area contributed by atoms with Crippen molar-refractivity contribution in [3.63, 3.8) is 0 Å². The molecule has 1 aromatic carbocycles. The van der Waals surface area contributed by atoms with Crippen LogP contribution in [0.5, 0.6) is 0 Å². The number of nitrogens with zero attached hydrogens (tertiary/aromatic N) is 1. The smallest absolute Gasteiger partial charge is 0.0377 e. The second-order valence-electron chi connectivity index (χ2n) is 6.87. The molecule has 0 saturated heterocycles. The van der Waals surface area contributed by atoms with Crippen molar-refractivity contribution in [3.8, 4) is 0 Å². The van der Waals surface area contributed by atoms with Crippen LogP contribution in [-0.2, 0) is 12.8 Å². The minimum absolute atomic E-state index is 0.163. The van der Waals surface area contributed by atoms with E-state index in [0.29, 0.717) is 6.04 Å². The van der Waals surface area contributed by atoms with Gasteiger partial charge in [0, 0.05) is 18.1 Å². The topological polar surface area (TPSA) is 29.3 Å². The zero-order valence-corrected chi connectivity index (χ0v) is 14.1. The highest BCUT2D eigenvalue weighted by molar-refractivity contribution is 5.32. The molecule has 1 unspecified atom stereocenters. The van der Waals surface area contributed by atoms with Crippen LogP contribution >= 0.6 is 0 Å². The lowest BCUT2D eigenvalue weighted by Gasteiger charge is -2.48. The Bertz CT molecular complexity index is 441. The first kappa shape index (κ1) is 16.5. The van der Waals surface area contributed by atoms with E-state index in [1.54, 1.807) is 0 Å². The number of benzene rings is 1. The fraction of sp³-hybridized carbons (Fsp3) is 0.684. The average molecular weight is 288 g/mol. The van der Waals surface area contributed by atoms with E-state index >= 15 is 0 Å². The van der Waals surface area contributed by atoms with Crippen molar-refractivity contribution in [2.45, 2.75) is 70.9 Å². The minimum atomic E-state index is 0.163. The number of nitrogens with two attached hydrogens (primary N) is 1. The monoisotopic (exact) mass is 288 g/mol. The first-order valence-electron chi connectivity index (χ1n) is 8.66. The molecule has 1 atom stereocenters. The van der Waals surface area contributed by atoms with Gasteiger partial charge in [0.15, 0.2) is 0 Å². The third kappa shape index (κ3) is 3.67. The van der Waals surface area contributed by atoms with Crippen molar-refractivity contribution in [3.05, 3.63) is 35.4 Å². The molecule has 0 spiro atoms. The van der Waals surface area contributed by atoms with Crippen LogP contribution in [0.4, 0.5) is 0 Å². The van der Waals surface area contributed by atoms with Crippen molar-refractivity contribution in [2.24, 2.45) is 5.73 Å². The summed E-state index contributed by atoms with van der Waals surface area (Å²) in [5.41, 5.74) is 9.50. The van der Waals surface area contributed by atoms with Crippen molar-refractivity contribution >= 4 is 0 Å². The van der Waals surface area contributed by atoms with Crippen LogP contribution in [0.25, 0.3) is 0 Å². The zero-order valence-electron chi connectivity index (χ0n) is 14.1. The van der Waals surface area contributed by atoms with Gasteiger partial charge in [-0.25, -0.2) is 0 Å². The summed E-state index contributed by atoms with van der Waals surface area (Å²) >= 11 is 0. The zero-order chi connectivity index (χ0) is 15.3. The van der Waals surface area contributed by atoms with E-state index in [2.05, 4.69) is 49.9 Å². The van der Waals surface area contributed by atoms with Gasteiger partial charge < -0.3 is 5.73 Å². The van der Waals surface area contributed by atoms with Gasteiger partial charge in [-0.05, 0) is 57.2 Å². The lowest BCUT2D eigenvalue weighted by atomic mass is 9.76. The molecule has 118 valence electrons. The van der Waals surface area contributed by atoms with Gasteiger partial charge >= 0.3 is 0 Å². The van der Waals surface area contributed by atoms with E-state index in [1.165, 1.54) is 49.8 Å². The molecule has 0 radical (unpaired) electrons. The molecule has 0 heterocycles. The summed E-state index contributed by atoms with van der Waals surface area (Å²) in [6, 6.07) is 9.48. The highest BCUT2D eigenvalue weighted by Gasteiger charge is 2.39. The molecule has 0 fully saturated rings. The number of hydrogen-bond acceptors (Lipinski definition) is 2. The molecule has 0 saturated carbocycles. The lowest BCUT2D eigenvalue weighted by Crippen LogP contribution is -2.59. The van der Waals surface area contributed by atoms with Gasteiger partial charge in [-0.1, -0.05) is 44.0 Å². The molecule has 2 rings (SSSR count). The summed E-state index contributed by atoms with van der Waals surface area (Å²) in [5.74, 6) is 0. The molecule has 1 aliphatic rings. The summed E-state index contributed by atoms with van der Waals surface area (Å²) < 4.78 is 0. The Morgan fingerprint density at radius 3 is 2.52 bits per heavy atom. The molecule has 2 heteroatoms. The molecule has 0 bridgehead atoms. The summed E-state index contributed by atoms with van der Waals surface area (Å²) in [4.78, 5) is 2.69. The molecule has 0 aromatic heterocycles. The molecule has 21 heavy (non-hydrogen) atoms. The Morgan fingerprint density at radius 1 is 1.19 bits per heavy atom. The molecular formula is C19H32N2. The predicted octanol–water partition coefficient (Wildman–Crippen LogP) is 3.77. The summed E-state index contributed by atoms with van der Waals surface area (Å²) in [7, 11) is 0. The number of unbranched alkanes of at least 4 members (excludes halogenated alkanes) is 2. The fourth-order valence-electron chi connectivity index (χ4n) is 3.90. The quantitative estimate of drug-likeness (QED) is 0.774. The Hall–Kier alpha value is -0.860. The number of fused-ring (bicyclic) bond motifs is 1. The minimum Gasteiger partial charge on any atom is -0.329 e. The van der Waals surface area contributed by atoms with Crippen LogP contribution in [0.1, 0.15) is 57.6 Å². The van der Waals surface area contributed by atoms with Gasteiger partial charge in [0.25, 0.3) is 0 Å². The van der Waals surface area contributed by atoms with E-state index in [-0.39, 0.29) is 5.54 Å². The van der Waals surface area contributed by atoms with E-state index in [0.717, 1.165) is 13.0 Å². The van der Waals surface area contributed by atoms with Gasteiger partial charge in [-0.2, -0.15) is 0 Å². The molecule has 2 N–H and O–H groups in total. The maximum absolute atomic E-state index is 6.30. The van der Waals surface area contributed by atoms with Gasteiger partial charge in [-0.3, -0.25) is 4.90 Å². The maximum atomic E-state index is 6.30. The second-order valence-corrected chi connectivity index (χ2v) is 6.87. The van der Waals surface area contributed by atoms with Crippen molar-refractivity contribution in [1.29, 1.82) is 0 Å². The van der Waals surface area contributed by atoms with Gasteiger partial charge in [0.2, 0.25) is 0 Å². The number of rotatable bonds is 7. The van der Waals surface area contributed by atoms with E-state index in [4.69, 9.17) is 5.73 Å². The van der Waals surface area contributed by atoms with E-state index < -0.39 is 0 Å². The van der Waals surface area contributed by atoms with Gasteiger partial charge in [0.05, 0.1) is 0 Å². The third-order valence-corrected chi connectivity index (χ3v) is 5.11. The SMILES string of the molecule is CCCCCN(C(C)C)C1(CN)CCc2ccccc2C1. The van der Waals surface area contributed by atoms with Crippen molar-refractivity contribution in [1.82, 2.24) is 4.90 Å². The average Bonchev–Trinajstić information content (AvgIpc) is 2.50. The van der Waals surface area contributed by atoms with E-state index in [9.17, 15) is 0 Å². The Morgan fingerprint density at radius 2 is 1.90 bits per heavy atom. The van der Waals surface area contributed by atoms with Gasteiger partial charge in [-0.15, -0.1) is 0 Å². The fourth-order valence-corrected chi connectivity index (χ4v) is 3.90. The molecular weight excluding hydrogens is 256 g/mol. The Labute approximate surface area is 130 Å². The number of hydrogen-bond donors (Lipinski definition) is 1. The van der Waals surface area contributed by atoms with Gasteiger partial charge in [0.1, 0.15) is 0 Å². The molecule has 0 amide bonds. The van der Waals surface area contributed by atoms with Crippen LogP contribution in [0.2, 0.25) is 0 Å². The maximum Gasteiger partial charge on any atom is 0.0377 e. The summed E-state index contributed by atoms with van der Waals surface area (Å²) in [6.07, 6.45) is 7.38. The standard InChI is InChI=1S/C19H32N2/c1-4-5-8-13-21(16(2)3)19(15-20)12-11-17-9-6-7-10-18(17)14-19/h6-7,9-10,16H,4-5,8,11-15,20H2,1-3H3. The normalized spacial score (nSPS) is 21.8. The number of aryl methyl sites for hydroxylation is 1. The Kier molecular flexibility index (Phi) is 5.83. The molecule has 2 nitrogen and oxygen atoms in total. The highest BCUT2D eigenvalue weighted by Crippen LogP contribution is 2.34. The molecule has 1 aliphatic carbocycles. The lowest BCUT2D eigenvalue weighted by molar-refractivity contribution is 0.0471. The second kappa shape index (κ2) is 7.42. The van der Waals surface area contributed by atoms with Crippen LogP contribution < -0.4 is 5.73 Å². The highest BCUT2D eigenvalue weighted by atomic mass is 15.2. The van der Waals surface area contributed by atoms with Crippen LogP contribution in [0, 0.1) is 0 Å². The summed E-state index contributed by atoms with van der Waals surface area (Å²) in [6.45, 7) is 8.87. The van der Waals surface area contributed by atoms with Crippen LogP contribution in [0.15, 0.2) is 24.3 Å². The summed E-state index contributed by atoms with van der Waals surface area (Å²) in [5, 5.41) is 0.